The van der Waals surface area contributed by atoms with Crippen LogP contribution in [0.4, 0.5) is 0 Å². The third-order valence-corrected chi connectivity index (χ3v) is 6.25. The maximum Gasteiger partial charge on any atom is 0.251 e. The minimum absolute atomic E-state index is 0.164. The molecule has 186 valence electrons. The van der Waals surface area contributed by atoms with Crippen LogP contribution in [0.1, 0.15) is 31.8 Å². The zero-order chi connectivity index (χ0) is 25.8. The SMILES string of the molecule is COc1ccc(OC)c(C(=O)c2ccc(C(=O)NC[C@@H]3Cc4cc(-c5cncnc5)ccc4O3)cc2)c1. The van der Waals surface area contributed by atoms with Crippen LogP contribution < -0.4 is 19.5 Å². The molecule has 0 saturated carbocycles. The van der Waals surface area contributed by atoms with Crippen LogP contribution in [0.2, 0.25) is 0 Å². The number of rotatable bonds is 8. The summed E-state index contributed by atoms with van der Waals surface area (Å²) in [5.74, 6) is 1.37. The van der Waals surface area contributed by atoms with Crippen molar-refractivity contribution in [3.05, 3.63) is 102 Å². The first-order valence-corrected chi connectivity index (χ1v) is 11.8. The normalized spacial score (nSPS) is 13.8. The number of carbonyl (C=O) groups is 2. The summed E-state index contributed by atoms with van der Waals surface area (Å²) in [4.78, 5) is 33.9. The maximum absolute atomic E-state index is 13.0. The molecule has 1 N–H and O–H groups in total. The van der Waals surface area contributed by atoms with Crippen molar-refractivity contribution in [2.24, 2.45) is 0 Å². The number of hydrogen-bond donors (Lipinski definition) is 1. The van der Waals surface area contributed by atoms with Crippen LogP contribution >= 0.6 is 0 Å². The second-order valence-electron chi connectivity index (χ2n) is 8.58. The van der Waals surface area contributed by atoms with Gasteiger partial charge in [-0.1, -0.05) is 18.2 Å². The Morgan fingerprint density at radius 2 is 1.68 bits per heavy atom. The van der Waals surface area contributed by atoms with Crippen molar-refractivity contribution >= 4 is 11.7 Å². The lowest BCUT2D eigenvalue weighted by Gasteiger charge is -2.12. The lowest BCUT2D eigenvalue weighted by Crippen LogP contribution is -2.34. The number of ketones is 1. The summed E-state index contributed by atoms with van der Waals surface area (Å²) in [6.45, 7) is 0.360. The van der Waals surface area contributed by atoms with E-state index in [1.165, 1.54) is 20.5 Å². The summed E-state index contributed by atoms with van der Waals surface area (Å²) in [5.41, 5.74) is 4.33. The van der Waals surface area contributed by atoms with E-state index in [0.717, 1.165) is 22.4 Å². The number of benzene rings is 3. The van der Waals surface area contributed by atoms with E-state index >= 15 is 0 Å². The molecule has 5 rings (SSSR count). The largest absolute Gasteiger partial charge is 0.497 e. The number of amides is 1. The van der Waals surface area contributed by atoms with Crippen molar-refractivity contribution in [3.63, 3.8) is 0 Å². The second-order valence-corrected chi connectivity index (χ2v) is 8.58. The Labute approximate surface area is 214 Å². The average Bonchev–Trinajstić information content (AvgIpc) is 3.38. The Bertz CT molecular complexity index is 1440. The van der Waals surface area contributed by atoms with E-state index in [1.807, 2.05) is 12.1 Å². The van der Waals surface area contributed by atoms with E-state index in [2.05, 4.69) is 21.4 Å². The molecule has 0 aliphatic carbocycles. The van der Waals surface area contributed by atoms with Crippen molar-refractivity contribution in [1.82, 2.24) is 15.3 Å². The molecule has 4 aromatic rings. The van der Waals surface area contributed by atoms with Gasteiger partial charge < -0.3 is 19.5 Å². The molecular weight excluding hydrogens is 470 g/mol. The van der Waals surface area contributed by atoms with E-state index in [-0.39, 0.29) is 17.8 Å². The Kier molecular flexibility index (Phi) is 6.81. The summed E-state index contributed by atoms with van der Waals surface area (Å²) in [6.07, 6.45) is 5.57. The quantitative estimate of drug-likeness (QED) is 0.367. The van der Waals surface area contributed by atoms with Gasteiger partial charge in [-0.25, -0.2) is 9.97 Å². The minimum Gasteiger partial charge on any atom is -0.497 e. The van der Waals surface area contributed by atoms with Crippen LogP contribution in [0.3, 0.4) is 0 Å². The lowest BCUT2D eigenvalue weighted by molar-refractivity contribution is 0.0932. The van der Waals surface area contributed by atoms with Crippen molar-refractivity contribution in [1.29, 1.82) is 0 Å². The number of aromatic nitrogens is 2. The molecule has 8 nitrogen and oxygen atoms in total. The van der Waals surface area contributed by atoms with Gasteiger partial charge in [-0.05, 0) is 53.6 Å². The fraction of sp³-hybridized carbons (Fsp3) is 0.172. The summed E-state index contributed by atoms with van der Waals surface area (Å²) in [7, 11) is 3.05. The Morgan fingerprint density at radius 1 is 0.919 bits per heavy atom. The minimum atomic E-state index is -0.236. The summed E-state index contributed by atoms with van der Waals surface area (Å²) >= 11 is 0. The van der Waals surface area contributed by atoms with Gasteiger partial charge in [0.05, 0.1) is 26.3 Å². The number of fused-ring (bicyclic) bond motifs is 1. The Morgan fingerprint density at radius 3 is 2.41 bits per heavy atom. The number of methoxy groups -OCH3 is 2. The van der Waals surface area contributed by atoms with E-state index in [0.29, 0.717) is 41.2 Å². The molecule has 1 amide bonds. The number of nitrogens with one attached hydrogen (secondary N) is 1. The van der Waals surface area contributed by atoms with Gasteiger partial charge in [0.15, 0.2) is 5.78 Å². The summed E-state index contributed by atoms with van der Waals surface area (Å²) in [6, 6.07) is 17.6. The zero-order valence-corrected chi connectivity index (χ0v) is 20.4. The van der Waals surface area contributed by atoms with Gasteiger partial charge in [0.2, 0.25) is 0 Å². The molecule has 8 heteroatoms. The fourth-order valence-electron chi connectivity index (χ4n) is 4.29. The van der Waals surface area contributed by atoms with Crippen molar-refractivity contribution in [2.45, 2.75) is 12.5 Å². The van der Waals surface area contributed by atoms with E-state index in [1.54, 1.807) is 54.9 Å². The molecule has 0 fully saturated rings. The molecule has 0 bridgehead atoms. The molecular formula is C29H25N3O5. The Balaban J connectivity index is 1.20. The van der Waals surface area contributed by atoms with Crippen molar-refractivity contribution in [3.8, 4) is 28.4 Å². The topological polar surface area (TPSA) is 99.6 Å². The smallest absolute Gasteiger partial charge is 0.251 e. The molecule has 0 spiro atoms. The highest BCUT2D eigenvalue weighted by molar-refractivity contribution is 6.11. The molecule has 1 atom stereocenters. The van der Waals surface area contributed by atoms with E-state index in [4.69, 9.17) is 14.2 Å². The molecule has 1 aliphatic rings. The molecule has 0 radical (unpaired) electrons. The molecule has 2 heterocycles. The molecule has 1 aliphatic heterocycles. The van der Waals surface area contributed by atoms with E-state index < -0.39 is 0 Å². The third-order valence-electron chi connectivity index (χ3n) is 6.25. The van der Waals surface area contributed by atoms with Crippen LogP contribution in [0.25, 0.3) is 11.1 Å². The molecule has 37 heavy (non-hydrogen) atoms. The van der Waals surface area contributed by atoms with Crippen molar-refractivity contribution in [2.75, 3.05) is 20.8 Å². The van der Waals surface area contributed by atoms with Gasteiger partial charge in [-0.15, -0.1) is 0 Å². The fourth-order valence-corrected chi connectivity index (χ4v) is 4.29. The highest BCUT2D eigenvalue weighted by Crippen LogP contribution is 2.32. The zero-order valence-electron chi connectivity index (χ0n) is 20.4. The number of hydrogen-bond acceptors (Lipinski definition) is 7. The predicted molar refractivity (Wildman–Crippen MR) is 137 cm³/mol. The third kappa shape index (κ3) is 5.13. The number of nitrogens with zero attached hydrogens (tertiary/aromatic N) is 2. The van der Waals surface area contributed by atoms with Crippen LogP contribution in [-0.2, 0) is 6.42 Å². The standard InChI is InChI=1S/C29H25N3O5/c1-35-23-8-10-27(36-2)25(13-23)28(33)18-3-5-19(6-4-18)29(34)32-16-24-12-21-11-20(7-9-26(21)37-24)22-14-30-17-31-15-22/h3-11,13-15,17,24H,12,16H2,1-2H3,(H,32,34)/t24-/m0/s1. The molecule has 1 aromatic heterocycles. The van der Waals surface area contributed by atoms with Crippen LogP contribution in [-0.4, -0.2) is 48.5 Å². The summed E-state index contributed by atoms with van der Waals surface area (Å²) < 4.78 is 16.6. The lowest BCUT2D eigenvalue weighted by atomic mass is 10.0. The number of ether oxygens (including phenoxy) is 3. The first kappa shape index (κ1) is 24.0. The van der Waals surface area contributed by atoms with Gasteiger partial charge in [0.25, 0.3) is 5.91 Å². The van der Waals surface area contributed by atoms with Gasteiger partial charge >= 0.3 is 0 Å². The van der Waals surface area contributed by atoms with Crippen LogP contribution in [0.15, 0.2) is 79.4 Å². The van der Waals surface area contributed by atoms with Gasteiger partial charge in [0, 0.05) is 35.5 Å². The van der Waals surface area contributed by atoms with E-state index in [9.17, 15) is 9.59 Å². The number of carbonyl (C=O) groups excluding carboxylic acids is 2. The molecule has 3 aromatic carbocycles. The first-order chi connectivity index (χ1) is 18.1. The maximum atomic E-state index is 13.0. The van der Waals surface area contributed by atoms with Crippen molar-refractivity contribution < 1.29 is 23.8 Å². The van der Waals surface area contributed by atoms with Gasteiger partial charge in [-0.2, -0.15) is 0 Å². The monoisotopic (exact) mass is 495 g/mol. The van der Waals surface area contributed by atoms with Crippen LogP contribution in [0, 0.1) is 0 Å². The van der Waals surface area contributed by atoms with Crippen LogP contribution in [0.5, 0.6) is 17.2 Å². The molecule has 0 saturated heterocycles. The Hall–Kier alpha value is -4.72. The van der Waals surface area contributed by atoms with Gasteiger partial charge in [-0.3, -0.25) is 9.59 Å². The second kappa shape index (κ2) is 10.5. The first-order valence-electron chi connectivity index (χ1n) is 11.8. The molecule has 0 unspecified atom stereocenters. The highest BCUT2D eigenvalue weighted by atomic mass is 16.5. The predicted octanol–water partition coefficient (Wildman–Crippen LogP) is 4.13. The van der Waals surface area contributed by atoms with Gasteiger partial charge in [0.1, 0.15) is 29.7 Å². The average molecular weight is 496 g/mol. The summed E-state index contributed by atoms with van der Waals surface area (Å²) in [5, 5.41) is 2.93. The highest BCUT2D eigenvalue weighted by Gasteiger charge is 2.24.